The third kappa shape index (κ3) is 4.54. The topological polar surface area (TPSA) is 90.3 Å². The number of sulfonamides is 1. The number of thiophene rings is 1. The molecule has 3 aromatic rings. The number of carbonyl (C=O) groups excluding carboxylic acids is 1. The molecule has 1 N–H and O–H groups in total. The maximum Gasteiger partial charge on any atom is 0.254 e. The van der Waals surface area contributed by atoms with Gasteiger partial charge < -0.3 is 4.90 Å². The number of hydrogen-bond donors (Lipinski definition) is 1. The predicted octanol–water partition coefficient (Wildman–Crippen LogP) is 4.08. The van der Waals surface area contributed by atoms with Crippen LogP contribution in [0.15, 0.2) is 70.9 Å². The van der Waals surface area contributed by atoms with Crippen LogP contribution < -0.4 is 4.72 Å². The standard InChI is InChI=1S/C23H21N3O3S2/c24-15-19-5-1-2-8-22(19)31(28,29)25-16-17-9-11-18(12-10-17)23(27)26-13-3-6-20(26)21-7-4-14-30-21/h1-2,4-5,7-12,14,20,25H,3,6,13,16H2/t20-/m0/s1. The van der Waals surface area contributed by atoms with Gasteiger partial charge in [-0.1, -0.05) is 30.3 Å². The van der Waals surface area contributed by atoms with Gasteiger partial charge in [0.25, 0.3) is 5.91 Å². The molecule has 1 atom stereocenters. The number of amides is 1. The van der Waals surface area contributed by atoms with Crippen LogP contribution in [0.5, 0.6) is 0 Å². The molecule has 1 aromatic heterocycles. The van der Waals surface area contributed by atoms with E-state index in [1.807, 2.05) is 22.4 Å². The highest BCUT2D eigenvalue weighted by atomic mass is 32.2. The van der Waals surface area contributed by atoms with Crippen LogP contribution in [-0.2, 0) is 16.6 Å². The lowest BCUT2D eigenvalue weighted by Gasteiger charge is -2.24. The summed E-state index contributed by atoms with van der Waals surface area (Å²) in [6, 6.07) is 19.2. The summed E-state index contributed by atoms with van der Waals surface area (Å²) in [7, 11) is -3.82. The number of rotatable bonds is 6. The van der Waals surface area contributed by atoms with Gasteiger partial charge in [-0.2, -0.15) is 5.26 Å². The molecular formula is C23H21N3O3S2. The summed E-state index contributed by atoms with van der Waals surface area (Å²) in [5.74, 6) is -0.00835. The third-order valence-electron chi connectivity index (χ3n) is 5.35. The summed E-state index contributed by atoms with van der Waals surface area (Å²) in [4.78, 5) is 16.1. The summed E-state index contributed by atoms with van der Waals surface area (Å²) in [5.41, 5.74) is 1.41. The number of hydrogen-bond acceptors (Lipinski definition) is 5. The van der Waals surface area contributed by atoms with Crippen LogP contribution in [0.4, 0.5) is 0 Å². The maximum absolute atomic E-state index is 13.0. The molecule has 0 spiro atoms. The number of benzene rings is 2. The predicted molar refractivity (Wildman–Crippen MR) is 119 cm³/mol. The monoisotopic (exact) mass is 451 g/mol. The van der Waals surface area contributed by atoms with E-state index in [4.69, 9.17) is 5.26 Å². The molecule has 0 saturated carbocycles. The van der Waals surface area contributed by atoms with Crippen molar-refractivity contribution < 1.29 is 13.2 Å². The van der Waals surface area contributed by atoms with Gasteiger partial charge in [-0.15, -0.1) is 11.3 Å². The van der Waals surface area contributed by atoms with E-state index in [1.165, 1.54) is 17.0 Å². The van der Waals surface area contributed by atoms with Crippen molar-refractivity contribution >= 4 is 27.3 Å². The van der Waals surface area contributed by atoms with E-state index in [1.54, 1.807) is 47.7 Å². The molecule has 2 heterocycles. The van der Waals surface area contributed by atoms with Crippen LogP contribution in [0, 0.1) is 11.3 Å². The molecule has 1 aliphatic rings. The number of nitrogens with one attached hydrogen (secondary N) is 1. The Bertz CT molecular complexity index is 1210. The van der Waals surface area contributed by atoms with Gasteiger partial charge in [0.05, 0.1) is 16.5 Å². The van der Waals surface area contributed by atoms with Crippen molar-refractivity contribution in [2.24, 2.45) is 0 Å². The number of nitrogens with zero attached hydrogens (tertiary/aromatic N) is 2. The second-order valence-electron chi connectivity index (χ2n) is 7.30. The fourth-order valence-corrected chi connectivity index (χ4v) is 5.81. The fraction of sp³-hybridized carbons (Fsp3) is 0.217. The Morgan fingerprint density at radius 3 is 2.61 bits per heavy atom. The quantitative estimate of drug-likeness (QED) is 0.612. The summed E-state index contributed by atoms with van der Waals surface area (Å²) in [6.45, 7) is 0.805. The van der Waals surface area contributed by atoms with Crippen molar-refractivity contribution in [3.63, 3.8) is 0 Å². The van der Waals surface area contributed by atoms with Crippen molar-refractivity contribution in [3.8, 4) is 6.07 Å². The zero-order valence-corrected chi connectivity index (χ0v) is 18.3. The van der Waals surface area contributed by atoms with Gasteiger partial charge in [0.2, 0.25) is 10.0 Å². The molecule has 31 heavy (non-hydrogen) atoms. The van der Waals surface area contributed by atoms with Gasteiger partial charge >= 0.3 is 0 Å². The molecule has 4 rings (SSSR count). The Labute approximate surface area is 185 Å². The average Bonchev–Trinajstić information content (AvgIpc) is 3.49. The van der Waals surface area contributed by atoms with Gasteiger partial charge in [-0.25, -0.2) is 13.1 Å². The number of carbonyl (C=O) groups is 1. The van der Waals surface area contributed by atoms with Crippen LogP contribution in [0.2, 0.25) is 0 Å². The first-order chi connectivity index (χ1) is 15.0. The minimum absolute atomic E-state index is 0.00835. The average molecular weight is 452 g/mol. The van der Waals surface area contributed by atoms with E-state index < -0.39 is 10.0 Å². The Morgan fingerprint density at radius 1 is 1.13 bits per heavy atom. The van der Waals surface area contributed by atoms with Crippen LogP contribution >= 0.6 is 11.3 Å². The molecular weight excluding hydrogens is 430 g/mol. The molecule has 2 aromatic carbocycles. The van der Waals surface area contributed by atoms with Crippen molar-refractivity contribution in [2.45, 2.75) is 30.3 Å². The second kappa shape index (κ2) is 9.02. The van der Waals surface area contributed by atoms with E-state index >= 15 is 0 Å². The first kappa shape index (κ1) is 21.2. The van der Waals surface area contributed by atoms with Gasteiger partial charge in [-0.3, -0.25) is 4.79 Å². The summed E-state index contributed by atoms with van der Waals surface area (Å²) < 4.78 is 27.6. The first-order valence-electron chi connectivity index (χ1n) is 9.92. The summed E-state index contributed by atoms with van der Waals surface area (Å²) >= 11 is 1.67. The molecule has 158 valence electrons. The van der Waals surface area contributed by atoms with E-state index in [0.717, 1.165) is 24.9 Å². The normalized spacial score (nSPS) is 16.2. The minimum atomic E-state index is -3.82. The fourth-order valence-electron chi connectivity index (χ4n) is 3.77. The Balaban J connectivity index is 1.44. The smallest absolute Gasteiger partial charge is 0.254 e. The molecule has 1 aliphatic heterocycles. The summed E-state index contributed by atoms with van der Waals surface area (Å²) in [5, 5.41) is 11.2. The van der Waals surface area contributed by atoms with Crippen LogP contribution in [0.1, 0.15) is 45.2 Å². The van der Waals surface area contributed by atoms with Crippen molar-refractivity contribution in [1.82, 2.24) is 9.62 Å². The molecule has 6 nitrogen and oxygen atoms in total. The van der Waals surface area contributed by atoms with Crippen molar-refractivity contribution in [2.75, 3.05) is 6.54 Å². The van der Waals surface area contributed by atoms with E-state index in [0.29, 0.717) is 5.56 Å². The van der Waals surface area contributed by atoms with Crippen LogP contribution in [0.25, 0.3) is 0 Å². The zero-order valence-electron chi connectivity index (χ0n) is 16.7. The Morgan fingerprint density at radius 2 is 1.90 bits per heavy atom. The molecule has 0 radical (unpaired) electrons. The van der Waals surface area contributed by atoms with Crippen LogP contribution in [0.3, 0.4) is 0 Å². The van der Waals surface area contributed by atoms with Gasteiger partial charge in [0, 0.05) is 23.5 Å². The number of likely N-dealkylation sites (tertiary alicyclic amines) is 1. The molecule has 0 unspecified atom stereocenters. The Kier molecular flexibility index (Phi) is 6.18. The van der Waals surface area contributed by atoms with Gasteiger partial charge in [-0.05, 0) is 54.1 Å². The van der Waals surface area contributed by atoms with Crippen molar-refractivity contribution in [3.05, 3.63) is 87.6 Å². The Hall–Kier alpha value is -2.99. The molecule has 0 bridgehead atoms. The molecule has 8 heteroatoms. The molecule has 1 fully saturated rings. The van der Waals surface area contributed by atoms with E-state index in [9.17, 15) is 13.2 Å². The maximum atomic E-state index is 13.0. The van der Waals surface area contributed by atoms with E-state index in [-0.39, 0.29) is 29.0 Å². The summed E-state index contributed by atoms with van der Waals surface area (Å²) in [6.07, 6.45) is 1.95. The largest absolute Gasteiger partial charge is 0.331 e. The lowest BCUT2D eigenvalue weighted by molar-refractivity contribution is 0.0738. The molecule has 0 aliphatic carbocycles. The van der Waals surface area contributed by atoms with Crippen molar-refractivity contribution in [1.29, 1.82) is 5.26 Å². The lowest BCUT2D eigenvalue weighted by atomic mass is 10.1. The van der Waals surface area contributed by atoms with Gasteiger partial charge in [0.1, 0.15) is 6.07 Å². The molecule has 1 saturated heterocycles. The zero-order chi connectivity index (χ0) is 21.8. The third-order valence-corrected chi connectivity index (χ3v) is 7.78. The lowest BCUT2D eigenvalue weighted by Crippen LogP contribution is -2.30. The highest BCUT2D eigenvalue weighted by Gasteiger charge is 2.31. The highest BCUT2D eigenvalue weighted by molar-refractivity contribution is 7.89. The van der Waals surface area contributed by atoms with Gasteiger partial charge in [0.15, 0.2) is 0 Å². The SMILES string of the molecule is N#Cc1ccccc1S(=O)(=O)NCc1ccc(C(=O)N2CCC[C@H]2c2cccs2)cc1. The highest BCUT2D eigenvalue weighted by Crippen LogP contribution is 2.35. The van der Waals surface area contributed by atoms with Crippen LogP contribution in [-0.4, -0.2) is 25.8 Å². The molecule has 1 amide bonds. The first-order valence-corrected chi connectivity index (χ1v) is 12.3. The number of nitriles is 1. The van der Waals surface area contributed by atoms with E-state index in [2.05, 4.69) is 10.8 Å². The second-order valence-corrected chi connectivity index (χ2v) is 10.0. The minimum Gasteiger partial charge on any atom is -0.331 e.